The number of benzene rings is 1. The molecular formula is C13H11ClN2O3. The second kappa shape index (κ2) is 5.58. The number of hydrogen-bond donors (Lipinski definition) is 3. The first-order chi connectivity index (χ1) is 9.06. The molecule has 0 bridgehead atoms. The third kappa shape index (κ3) is 3.35. The Labute approximate surface area is 113 Å². The van der Waals surface area contributed by atoms with E-state index in [4.69, 9.17) is 11.6 Å². The molecule has 2 aromatic rings. The summed E-state index contributed by atoms with van der Waals surface area (Å²) in [4.78, 5) is 25.0. The van der Waals surface area contributed by atoms with Crippen molar-refractivity contribution in [3.05, 3.63) is 63.0 Å². The summed E-state index contributed by atoms with van der Waals surface area (Å²) in [5, 5.41) is 12.7. The SMILES string of the molecule is O=C(NCc1ccc(Cl)cc1)c1c[nH]c(=O)cc1O. The van der Waals surface area contributed by atoms with Gasteiger partial charge in [-0.15, -0.1) is 0 Å². The van der Waals surface area contributed by atoms with Crippen molar-refractivity contribution in [2.24, 2.45) is 0 Å². The number of rotatable bonds is 3. The van der Waals surface area contributed by atoms with E-state index in [-0.39, 0.29) is 11.3 Å². The van der Waals surface area contributed by atoms with Crippen LogP contribution in [0.2, 0.25) is 5.02 Å². The normalized spacial score (nSPS) is 10.2. The van der Waals surface area contributed by atoms with Crippen molar-refractivity contribution >= 4 is 17.5 Å². The number of aromatic hydroxyl groups is 1. The predicted molar refractivity (Wildman–Crippen MR) is 71.3 cm³/mol. The highest BCUT2D eigenvalue weighted by Gasteiger charge is 2.11. The summed E-state index contributed by atoms with van der Waals surface area (Å²) >= 11 is 5.75. The van der Waals surface area contributed by atoms with Crippen LogP contribution in [0.5, 0.6) is 5.75 Å². The molecule has 0 saturated carbocycles. The average Bonchev–Trinajstić information content (AvgIpc) is 2.37. The Balaban J connectivity index is 2.05. The van der Waals surface area contributed by atoms with E-state index < -0.39 is 11.5 Å². The molecule has 0 spiro atoms. The Morgan fingerprint density at radius 3 is 2.63 bits per heavy atom. The van der Waals surface area contributed by atoms with E-state index in [1.165, 1.54) is 6.20 Å². The summed E-state index contributed by atoms with van der Waals surface area (Å²) in [6.07, 6.45) is 1.18. The van der Waals surface area contributed by atoms with Crippen molar-refractivity contribution in [3.63, 3.8) is 0 Å². The zero-order valence-corrected chi connectivity index (χ0v) is 10.6. The van der Waals surface area contributed by atoms with Crippen molar-refractivity contribution in [2.45, 2.75) is 6.54 Å². The molecule has 6 heteroatoms. The Morgan fingerprint density at radius 2 is 2.00 bits per heavy atom. The molecule has 5 nitrogen and oxygen atoms in total. The van der Waals surface area contributed by atoms with Crippen LogP contribution in [0.1, 0.15) is 15.9 Å². The van der Waals surface area contributed by atoms with E-state index in [0.717, 1.165) is 11.6 Å². The Kier molecular flexibility index (Phi) is 3.87. The molecule has 0 atom stereocenters. The van der Waals surface area contributed by atoms with Crippen LogP contribution in [-0.4, -0.2) is 16.0 Å². The maximum atomic E-state index is 11.8. The Morgan fingerprint density at radius 1 is 1.32 bits per heavy atom. The van der Waals surface area contributed by atoms with E-state index in [9.17, 15) is 14.7 Å². The largest absolute Gasteiger partial charge is 0.507 e. The summed E-state index contributed by atoms with van der Waals surface area (Å²) in [5.41, 5.74) is 0.432. The molecule has 3 N–H and O–H groups in total. The van der Waals surface area contributed by atoms with Crippen LogP contribution >= 0.6 is 11.6 Å². The fraction of sp³-hybridized carbons (Fsp3) is 0.0769. The molecule has 1 aromatic carbocycles. The summed E-state index contributed by atoms with van der Waals surface area (Å²) < 4.78 is 0. The fourth-order valence-corrected chi connectivity index (χ4v) is 1.65. The minimum Gasteiger partial charge on any atom is -0.507 e. The van der Waals surface area contributed by atoms with Gasteiger partial charge in [-0.05, 0) is 17.7 Å². The number of carbonyl (C=O) groups is 1. The first-order valence-corrected chi connectivity index (χ1v) is 5.88. The molecule has 0 aliphatic carbocycles. The lowest BCUT2D eigenvalue weighted by Crippen LogP contribution is -2.23. The van der Waals surface area contributed by atoms with E-state index in [1.54, 1.807) is 24.3 Å². The molecule has 98 valence electrons. The number of aromatic nitrogens is 1. The quantitative estimate of drug-likeness (QED) is 0.799. The van der Waals surface area contributed by atoms with Gasteiger partial charge < -0.3 is 15.4 Å². The van der Waals surface area contributed by atoms with Crippen LogP contribution in [0.15, 0.2) is 41.3 Å². The van der Waals surface area contributed by atoms with Gasteiger partial charge in [0.15, 0.2) is 0 Å². The number of nitrogens with one attached hydrogen (secondary N) is 2. The van der Waals surface area contributed by atoms with Crippen LogP contribution in [0.4, 0.5) is 0 Å². The molecule has 0 aliphatic heterocycles. The van der Waals surface area contributed by atoms with Crippen molar-refractivity contribution in [1.29, 1.82) is 0 Å². The molecule has 2 rings (SSSR count). The molecule has 0 saturated heterocycles. The summed E-state index contributed by atoms with van der Waals surface area (Å²) in [6.45, 7) is 0.300. The van der Waals surface area contributed by atoms with Gasteiger partial charge in [-0.25, -0.2) is 0 Å². The third-order valence-corrected chi connectivity index (χ3v) is 2.77. The topological polar surface area (TPSA) is 82.2 Å². The molecule has 0 radical (unpaired) electrons. The van der Waals surface area contributed by atoms with Crippen LogP contribution in [-0.2, 0) is 6.54 Å². The van der Waals surface area contributed by atoms with E-state index >= 15 is 0 Å². The highest BCUT2D eigenvalue weighted by atomic mass is 35.5. The summed E-state index contributed by atoms with van der Waals surface area (Å²) in [7, 11) is 0. The van der Waals surface area contributed by atoms with Gasteiger partial charge >= 0.3 is 0 Å². The second-order valence-electron chi connectivity index (χ2n) is 3.91. The van der Waals surface area contributed by atoms with Gasteiger partial charge in [-0.1, -0.05) is 23.7 Å². The van der Waals surface area contributed by atoms with Gasteiger partial charge in [0.25, 0.3) is 11.5 Å². The standard InChI is InChI=1S/C13H11ClN2O3/c14-9-3-1-8(2-4-9)6-16-13(19)10-7-15-12(18)5-11(10)17/h1-5,7H,6H2,(H,16,19)(H2,15,17,18). The molecule has 1 aromatic heterocycles. The van der Waals surface area contributed by atoms with Crippen molar-refractivity contribution in [3.8, 4) is 5.75 Å². The molecule has 0 unspecified atom stereocenters. The van der Waals surface area contributed by atoms with Gasteiger partial charge in [-0.2, -0.15) is 0 Å². The number of pyridine rings is 1. The maximum absolute atomic E-state index is 11.8. The molecule has 0 aliphatic rings. The van der Waals surface area contributed by atoms with Crippen LogP contribution in [0, 0.1) is 0 Å². The molecule has 1 heterocycles. The lowest BCUT2D eigenvalue weighted by molar-refractivity contribution is 0.0948. The fourth-order valence-electron chi connectivity index (χ4n) is 1.52. The van der Waals surface area contributed by atoms with Gasteiger partial charge in [0.1, 0.15) is 5.75 Å². The van der Waals surface area contributed by atoms with Crippen LogP contribution in [0.25, 0.3) is 0 Å². The second-order valence-corrected chi connectivity index (χ2v) is 4.34. The van der Waals surface area contributed by atoms with Gasteiger partial charge in [-0.3, -0.25) is 9.59 Å². The Bertz CT molecular complexity index is 650. The summed E-state index contributed by atoms with van der Waals surface area (Å²) in [6, 6.07) is 7.98. The van der Waals surface area contributed by atoms with Crippen molar-refractivity contribution in [2.75, 3.05) is 0 Å². The third-order valence-electron chi connectivity index (χ3n) is 2.51. The van der Waals surface area contributed by atoms with Crippen LogP contribution < -0.4 is 10.9 Å². The number of aromatic amines is 1. The number of amides is 1. The molecular weight excluding hydrogens is 268 g/mol. The minimum atomic E-state index is -0.469. The number of hydrogen-bond acceptors (Lipinski definition) is 3. The molecule has 19 heavy (non-hydrogen) atoms. The average molecular weight is 279 g/mol. The zero-order valence-electron chi connectivity index (χ0n) is 9.81. The highest BCUT2D eigenvalue weighted by molar-refractivity contribution is 6.30. The monoisotopic (exact) mass is 278 g/mol. The first kappa shape index (κ1) is 13.2. The first-order valence-electron chi connectivity index (χ1n) is 5.50. The summed E-state index contributed by atoms with van der Waals surface area (Å²) in [5.74, 6) is -0.818. The highest BCUT2D eigenvalue weighted by Crippen LogP contribution is 2.13. The number of carbonyl (C=O) groups excluding carboxylic acids is 1. The van der Waals surface area contributed by atoms with E-state index in [0.29, 0.717) is 11.6 Å². The Hall–Kier alpha value is -2.27. The predicted octanol–water partition coefficient (Wildman–Crippen LogP) is 1.66. The van der Waals surface area contributed by atoms with Gasteiger partial charge in [0, 0.05) is 23.8 Å². The lowest BCUT2D eigenvalue weighted by Gasteiger charge is -2.06. The maximum Gasteiger partial charge on any atom is 0.256 e. The lowest BCUT2D eigenvalue weighted by atomic mass is 10.2. The van der Waals surface area contributed by atoms with Crippen molar-refractivity contribution in [1.82, 2.24) is 10.3 Å². The molecule has 0 fully saturated rings. The van der Waals surface area contributed by atoms with Crippen LogP contribution in [0.3, 0.4) is 0 Å². The number of halogens is 1. The van der Waals surface area contributed by atoms with E-state index in [2.05, 4.69) is 10.3 Å². The van der Waals surface area contributed by atoms with Gasteiger partial charge in [0.2, 0.25) is 0 Å². The van der Waals surface area contributed by atoms with Gasteiger partial charge in [0.05, 0.1) is 5.56 Å². The molecule has 1 amide bonds. The smallest absolute Gasteiger partial charge is 0.256 e. The van der Waals surface area contributed by atoms with E-state index in [1.807, 2.05) is 0 Å². The minimum absolute atomic E-state index is 0.0218. The number of H-pyrrole nitrogens is 1. The van der Waals surface area contributed by atoms with Crippen molar-refractivity contribution < 1.29 is 9.90 Å². The zero-order chi connectivity index (χ0) is 13.8.